The number of hydrogen-bond donors (Lipinski definition) is 1. The first-order valence-electron chi connectivity index (χ1n) is 6.46. The Labute approximate surface area is 106 Å². The predicted octanol–water partition coefficient (Wildman–Crippen LogP) is 0.881. The maximum atomic E-state index is 4.13. The van der Waals surface area contributed by atoms with Gasteiger partial charge in [-0.25, -0.2) is 4.98 Å². The van der Waals surface area contributed by atoms with Crippen LogP contribution in [0.15, 0.2) is 24.9 Å². The number of piperidine rings is 1. The first-order chi connectivity index (χ1) is 8.92. The molecule has 1 fully saturated rings. The van der Waals surface area contributed by atoms with E-state index in [1.165, 1.54) is 25.1 Å². The van der Waals surface area contributed by atoms with Crippen molar-refractivity contribution in [3.63, 3.8) is 0 Å². The van der Waals surface area contributed by atoms with Gasteiger partial charge in [-0.05, 0) is 25.5 Å². The Balaban J connectivity index is 1.54. The third-order valence-electron chi connectivity index (χ3n) is 3.58. The molecular weight excluding hydrogens is 228 g/mol. The zero-order chi connectivity index (χ0) is 12.2. The van der Waals surface area contributed by atoms with Crippen molar-refractivity contribution in [2.45, 2.75) is 25.3 Å². The summed E-state index contributed by atoms with van der Waals surface area (Å²) in [7, 11) is 0. The molecule has 3 rings (SSSR count). The number of rotatable bonds is 4. The topological polar surface area (TPSA) is 62.6 Å². The monoisotopic (exact) mass is 246 g/mol. The van der Waals surface area contributed by atoms with Crippen LogP contribution in [-0.4, -0.2) is 49.5 Å². The van der Waals surface area contributed by atoms with E-state index in [9.17, 15) is 0 Å². The molecule has 1 aliphatic rings. The molecule has 96 valence electrons. The standard InChI is InChI=1S/C12H18N6/c1-2-11(12-3-4-14-16-12)8-17(5-1)6-7-18-10-13-9-15-18/h3-4,9-11H,1-2,5-8H2,(H,14,16). The van der Waals surface area contributed by atoms with Gasteiger partial charge in [0.2, 0.25) is 0 Å². The van der Waals surface area contributed by atoms with Crippen LogP contribution in [0.5, 0.6) is 0 Å². The van der Waals surface area contributed by atoms with Crippen LogP contribution in [0.3, 0.4) is 0 Å². The quantitative estimate of drug-likeness (QED) is 0.870. The molecule has 0 saturated carbocycles. The SMILES string of the molecule is c1cc(C2CCCN(CCn3cncn3)C2)[nH]n1. The smallest absolute Gasteiger partial charge is 0.137 e. The Morgan fingerprint density at radius 2 is 2.39 bits per heavy atom. The van der Waals surface area contributed by atoms with E-state index in [1.807, 2.05) is 10.9 Å². The lowest BCUT2D eigenvalue weighted by Crippen LogP contribution is -2.36. The van der Waals surface area contributed by atoms with E-state index in [0.29, 0.717) is 5.92 Å². The van der Waals surface area contributed by atoms with Gasteiger partial charge < -0.3 is 4.90 Å². The van der Waals surface area contributed by atoms with Crippen LogP contribution in [0.25, 0.3) is 0 Å². The molecule has 1 unspecified atom stereocenters. The summed E-state index contributed by atoms with van der Waals surface area (Å²) in [6, 6.07) is 2.09. The van der Waals surface area contributed by atoms with Crippen LogP contribution >= 0.6 is 0 Å². The molecule has 1 saturated heterocycles. The van der Waals surface area contributed by atoms with Crippen LogP contribution in [0.2, 0.25) is 0 Å². The van der Waals surface area contributed by atoms with E-state index >= 15 is 0 Å². The van der Waals surface area contributed by atoms with Gasteiger partial charge in [0.05, 0.1) is 6.54 Å². The predicted molar refractivity (Wildman–Crippen MR) is 67.0 cm³/mol. The zero-order valence-electron chi connectivity index (χ0n) is 10.4. The molecule has 0 radical (unpaired) electrons. The number of aromatic nitrogens is 5. The van der Waals surface area contributed by atoms with E-state index < -0.39 is 0 Å². The largest absolute Gasteiger partial charge is 0.301 e. The molecule has 2 aromatic rings. The fourth-order valence-electron chi connectivity index (χ4n) is 2.60. The summed E-state index contributed by atoms with van der Waals surface area (Å²) in [5, 5.41) is 11.3. The van der Waals surface area contributed by atoms with Gasteiger partial charge in [0, 0.05) is 30.9 Å². The average Bonchev–Trinajstić information content (AvgIpc) is 3.10. The van der Waals surface area contributed by atoms with Crippen LogP contribution in [0.4, 0.5) is 0 Å². The summed E-state index contributed by atoms with van der Waals surface area (Å²) in [4.78, 5) is 6.46. The van der Waals surface area contributed by atoms with Gasteiger partial charge in [-0.15, -0.1) is 0 Å². The van der Waals surface area contributed by atoms with Gasteiger partial charge in [-0.2, -0.15) is 10.2 Å². The van der Waals surface area contributed by atoms with Gasteiger partial charge in [0.25, 0.3) is 0 Å². The van der Waals surface area contributed by atoms with E-state index in [0.717, 1.165) is 19.6 Å². The van der Waals surface area contributed by atoms with Crippen LogP contribution < -0.4 is 0 Å². The second kappa shape index (κ2) is 5.30. The molecule has 0 aromatic carbocycles. The van der Waals surface area contributed by atoms with Gasteiger partial charge >= 0.3 is 0 Å². The molecule has 1 aliphatic heterocycles. The highest BCUT2D eigenvalue weighted by molar-refractivity contribution is 5.07. The first kappa shape index (κ1) is 11.4. The summed E-state index contributed by atoms with van der Waals surface area (Å²) in [6.45, 7) is 4.24. The van der Waals surface area contributed by atoms with Gasteiger partial charge in [-0.3, -0.25) is 9.78 Å². The Bertz CT molecular complexity index is 449. The summed E-state index contributed by atoms with van der Waals surface area (Å²) >= 11 is 0. The summed E-state index contributed by atoms with van der Waals surface area (Å²) in [5.74, 6) is 0.594. The maximum Gasteiger partial charge on any atom is 0.137 e. The maximum absolute atomic E-state index is 4.13. The van der Waals surface area contributed by atoms with E-state index in [1.54, 1.807) is 12.7 Å². The molecule has 0 bridgehead atoms. The van der Waals surface area contributed by atoms with E-state index in [4.69, 9.17) is 0 Å². The fourth-order valence-corrected chi connectivity index (χ4v) is 2.60. The minimum atomic E-state index is 0.594. The second-order valence-electron chi connectivity index (χ2n) is 4.81. The molecule has 3 heterocycles. The number of likely N-dealkylation sites (tertiary alicyclic amines) is 1. The van der Waals surface area contributed by atoms with Gasteiger partial charge in [-0.1, -0.05) is 0 Å². The van der Waals surface area contributed by atoms with E-state index in [2.05, 4.69) is 31.2 Å². The average molecular weight is 246 g/mol. The van der Waals surface area contributed by atoms with Crippen LogP contribution in [-0.2, 0) is 6.54 Å². The molecule has 0 spiro atoms. The lowest BCUT2D eigenvalue weighted by molar-refractivity contribution is 0.197. The van der Waals surface area contributed by atoms with Crippen molar-refractivity contribution in [2.75, 3.05) is 19.6 Å². The van der Waals surface area contributed by atoms with Crippen molar-refractivity contribution < 1.29 is 0 Å². The lowest BCUT2D eigenvalue weighted by atomic mass is 9.95. The highest BCUT2D eigenvalue weighted by atomic mass is 15.3. The van der Waals surface area contributed by atoms with Crippen LogP contribution in [0, 0.1) is 0 Å². The van der Waals surface area contributed by atoms with Crippen molar-refractivity contribution >= 4 is 0 Å². The summed E-state index contributed by atoms with van der Waals surface area (Å²) in [5.41, 5.74) is 1.26. The highest BCUT2D eigenvalue weighted by Crippen LogP contribution is 2.24. The van der Waals surface area contributed by atoms with Crippen molar-refractivity contribution in [2.24, 2.45) is 0 Å². The lowest BCUT2D eigenvalue weighted by Gasteiger charge is -2.32. The number of hydrogen-bond acceptors (Lipinski definition) is 4. The Hall–Kier alpha value is -1.69. The molecule has 18 heavy (non-hydrogen) atoms. The van der Waals surface area contributed by atoms with E-state index in [-0.39, 0.29) is 0 Å². The molecular formula is C12H18N6. The third-order valence-corrected chi connectivity index (χ3v) is 3.58. The third kappa shape index (κ3) is 2.59. The molecule has 2 aromatic heterocycles. The minimum absolute atomic E-state index is 0.594. The Kier molecular flexibility index (Phi) is 3.36. The zero-order valence-corrected chi connectivity index (χ0v) is 10.4. The second-order valence-corrected chi connectivity index (χ2v) is 4.81. The van der Waals surface area contributed by atoms with Gasteiger partial charge in [0.15, 0.2) is 0 Å². The van der Waals surface area contributed by atoms with Crippen LogP contribution in [0.1, 0.15) is 24.5 Å². The molecule has 1 atom stereocenters. The van der Waals surface area contributed by atoms with Crippen molar-refractivity contribution in [3.8, 4) is 0 Å². The first-order valence-corrected chi connectivity index (χ1v) is 6.46. The molecule has 0 amide bonds. The normalized spacial score (nSPS) is 21.2. The van der Waals surface area contributed by atoms with Crippen molar-refractivity contribution in [1.82, 2.24) is 29.9 Å². The molecule has 1 N–H and O–H groups in total. The summed E-state index contributed by atoms with van der Waals surface area (Å²) in [6.07, 6.45) is 7.70. The Morgan fingerprint density at radius 3 is 3.17 bits per heavy atom. The Morgan fingerprint density at radius 1 is 1.39 bits per heavy atom. The highest BCUT2D eigenvalue weighted by Gasteiger charge is 2.21. The molecule has 0 aliphatic carbocycles. The number of nitrogens with one attached hydrogen (secondary N) is 1. The van der Waals surface area contributed by atoms with Crippen molar-refractivity contribution in [3.05, 3.63) is 30.6 Å². The number of aromatic amines is 1. The summed E-state index contributed by atoms with van der Waals surface area (Å²) < 4.78 is 1.89. The fraction of sp³-hybridized carbons (Fsp3) is 0.583. The molecule has 6 nitrogen and oxygen atoms in total. The van der Waals surface area contributed by atoms with Crippen molar-refractivity contribution in [1.29, 1.82) is 0 Å². The number of H-pyrrole nitrogens is 1. The number of nitrogens with zero attached hydrogens (tertiary/aromatic N) is 5. The minimum Gasteiger partial charge on any atom is -0.301 e. The van der Waals surface area contributed by atoms with Gasteiger partial charge in [0.1, 0.15) is 12.7 Å². The molecule has 6 heteroatoms.